The topological polar surface area (TPSA) is 80.9 Å². The predicted octanol–water partition coefficient (Wildman–Crippen LogP) is 0.981. The van der Waals surface area contributed by atoms with E-state index >= 15 is 0 Å². The third-order valence-corrected chi connectivity index (χ3v) is 2.24. The number of carboxylic acid groups (broad SMARTS) is 1. The van der Waals surface area contributed by atoms with Gasteiger partial charge in [0.2, 0.25) is 0 Å². The molecule has 0 fully saturated rings. The Bertz CT molecular complexity index is 495. The second-order valence-electron chi connectivity index (χ2n) is 3.32. The van der Waals surface area contributed by atoms with Crippen LogP contribution in [0.1, 0.15) is 29.1 Å². The molecular formula is C10H10N4O2. The molecule has 0 saturated heterocycles. The van der Waals surface area contributed by atoms with Crippen molar-refractivity contribution in [2.75, 3.05) is 0 Å². The van der Waals surface area contributed by atoms with E-state index in [2.05, 4.69) is 15.3 Å². The number of aromatic carboxylic acids is 1. The summed E-state index contributed by atoms with van der Waals surface area (Å²) in [6.45, 7) is 1.88. The van der Waals surface area contributed by atoms with Gasteiger partial charge >= 0.3 is 5.97 Å². The summed E-state index contributed by atoms with van der Waals surface area (Å²) in [5.74, 6) is -1.08. The first-order chi connectivity index (χ1) is 7.68. The van der Waals surface area contributed by atoms with Gasteiger partial charge in [0.25, 0.3) is 0 Å². The van der Waals surface area contributed by atoms with Crippen LogP contribution < -0.4 is 0 Å². The molecule has 6 heteroatoms. The minimum absolute atomic E-state index is 0.0669. The maximum absolute atomic E-state index is 10.6. The van der Waals surface area contributed by atoms with Crippen molar-refractivity contribution in [3.8, 4) is 0 Å². The van der Waals surface area contributed by atoms with Gasteiger partial charge < -0.3 is 5.11 Å². The average Bonchev–Trinajstić information content (AvgIpc) is 2.78. The Kier molecular flexibility index (Phi) is 2.63. The number of rotatable bonds is 3. The molecule has 0 radical (unpaired) electrons. The lowest BCUT2D eigenvalue weighted by molar-refractivity contribution is 0.0690. The van der Waals surface area contributed by atoms with Gasteiger partial charge in [-0.15, -0.1) is 5.10 Å². The summed E-state index contributed by atoms with van der Waals surface area (Å²) < 4.78 is 1.48. The molecule has 2 aromatic rings. The summed E-state index contributed by atoms with van der Waals surface area (Å²) in [5, 5.41) is 16.0. The molecule has 2 aromatic heterocycles. The maximum atomic E-state index is 10.6. The number of hydrogen-bond donors (Lipinski definition) is 1. The number of carbonyl (C=O) groups is 1. The third-order valence-electron chi connectivity index (χ3n) is 2.24. The third kappa shape index (κ3) is 1.90. The Labute approximate surface area is 91.6 Å². The zero-order chi connectivity index (χ0) is 11.5. The highest BCUT2D eigenvalue weighted by molar-refractivity contribution is 5.84. The lowest BCUT2D eigenvalue weighted by Gasteiger charge is -2.09. The van der Waals surface area contributed by atoms with Crippen molar-refractivity contribution in [1.29, 1.82) is 0 Å². The molecule has 82 valence electrons. The molecule has 0 spiro atoms. The highest BCUT2D eigenvalue weighted by Gasteiger charge is 2.14. The van der Waals surface area contributed by atoms with Crippen molar-refractivity contribution >= 4 is 5.97 Å². The van der Waals surface area contributed by atoms with Crippen LogP contribution in [0.4, 0.5) is 0 Å². The second kappa shape index (κ2) is 4.09. The van der Waals surface area contributed by atoms with E-state index < -0.39 is 5.97 Å². The molecule has 0 aliphatic rings. The molecule has 1 atom stereocenters. The largest absolute Gasteiger partial charge is 0.476 e. The summed E-state index contributed by atoms with van der Waals surface area (Å²) in [5.41, 5.74) is 0.743. The SMILES string of the molecule is CC(c1ccccn1)n1cc(C(=O)O)nn1. The fraction of sp³-hybridized carbons (Fsp3) is 0.200. The van der Waals surface area contributed by atoms with Crippen molar-refractivity contribution in [3.63, 3.8) is 0 Å². The van der Waals surface area contributed by atoms with E-state index in [1.165, 1.54) is 10.9 Å². The fourth-order valence-electron chi connectivity index (χ4n) is 1.32. The standard InChI is InChI=1S/C10H10N4O2/c1-7(8-4-2-3-5-11-8)14-6-9(10(15)16)12-13-14/h2-7H,1H3,(H,15,16). The number of nitrogens with zero attached hydrogens (tertiary/aromatic N) is 4. The first kappa shape index (κ1) is 10.3. The quantitative estimate of drug-likeness (QED) is 0.830. The molecule has 16 heavy (non-hydrogen) atoms. The molecule has 0 amide bonds. The van der Waals surface area contributed by atoms with Gasteiger partial charge in [0.1, 0.15) is 0 Å². The molecule has 1 unspecified atom stereocenters. The Morgan fingerprint density at radius 2 is 2.31 bits per heavy atom. The van der Waals surface area contributed by atoms with Crippen LogP contribution in [0, 0.1) is 0 Å². The molecule has 2 heterocycles. The molecule has 1 N–H and O–H groups in total. The Balaban J connectivity index is 2.27. The lowest BCUT2D eigenvalue weighted by atomic mass is 10.2. The molecule has 0 aliphatic carbocycles. The van der Waals surface area contributed by atoms with E-state index in [0.29, 0.717) is 0 Å². The normalized spacial score (nSPS) is 12.3. The summed E-state index contributed by atoms with van der Waals surface area (Å²) in [6.07, 6.45) is 3.07. The van der Waals surface area contributed by atoms with Crippen molar-refractivity contribution in [1.82, 2.24) is 20.0 Å². The van der Waals surface area contributed by atoms with Crippen LogP contribution in [0.25, 0.3) is 0 Å². The predicted molar refractivity (Wildman–Crippen MR) is 55.0 cm³/mol. The van der Waals surface area contributed by atoms with Gasteiger partial charge in [0.15, 0.2) is 5.69 Å². The Morgan fingerprint density at radius 1 is 1.50 bits per heavy atom. The molecular weight excluding hydrogens is 208 g/mol. The minimum Gasteiger partial charge on any atom is -0.476 e. The number of carboxylic acids is 1. The van der Waals surface area contributed by atoms with Crippen LogP contribution >= 0.6 is 0 Å². The van der Waals surface area contributed by atoms with Crippen molar-refractivity contribution < 1.29 is 9.90 Å². The van der Waals surface area contributed by atoms with Gasteiger partial charge in [-0.2, -0.15) is 0 Å². The first-order valence-corrected chi connectivity index (χ1v) is 4.74. The smallest absolute Gasteiger partial charge is 0.358 e. The van der Waals surface area contributed by atoms with Gasteiger partial charge in [-0.25, -0.2) is 9.48 Å². The molecule has 2 rings (SSSR count). The summed E-state index contributed by atoms with van der Waals surface area (Å²) in [6, 6.07) is 5.41. The van der Waals surface area contributed by atoms with Crippen molar-refractivity contribution in [2.24, 2.45) is 0 Å². The zero-order valence-corrected chi connectivity index (χ0v) is 8.61. The highest BCUT2D eigenvalue weighted by atomic mass is 16.4. The summed E-state index contributed by atoms with van der Waals surface area (Å²) in [4.78, 5) is 14.8. The number of pyridine rings is 1. The van der Waals surface area contributed by atoms with Crippen molar-refractivity contribution in [2.45, 2.75) is 13.0 Å². The van der Waals surface area contributed by atoms with E-state index in [1.807, 2.05) is 25.1 Å². The van der Waals surface area contributed by atoms with Crippen LogP contribution in [0.3, 0.4) is 0 Å². The number of hydrogen-bond acceptors (Lipinski definition) is 4. The van der Waals surface area contributed by atoms with Crippen LogP contribution in [0.2, 0.25) is 0 Å². The van der Waals surface area contributed by atoms with Crippen LogP contribution in [-0.2, 0) is 0 Å². The molecule has 0 bridgehead atoms. The van der Waals surface area contributed by atoms with E-state index in [0.717, 1.165) is 5.69 Å². The first-order valence-electron chi connectivity index (χ1n) is 4.74. The van der Waals surface area contributed by atoms with E-state index in [1.54, 1.807) is 6.20 Å². The summed E-state index contributed by atoms with van der Waals surface area (Å²) >= 11 is 0. The number of aromatic nitrogens is 4. The fourth-order valence-corrected chi connectivity index (χ4v) is 1.32. The maximum Gasteiger partial charge on any atom is 0.358 e. The average molecular weight is 218 g/mol. The lowest BCUT2D eigenvalue weighted by Crippen LogP contribution is -2.09. The molecule has 0 aromatic carbocycles. The molecule has 6 nitrogen and oxygen atoms in total. The summed E-state index contributed by atoms with van der Waals surface area (Å²) in [7, 11) is 0. The molecule has 0 aliphatic heterocycles. The monoisotopic (exact) mass is 218 g/mol. The van der Waals surface area contributed by atoms with Gasteiger partial charge in [-0.05, 0) is 19.1 Å². The van der Waals surface area contributed by atoms with Crippen LogP contribution in [-0.4, -0.2) is 31.1 Å². The van der Waals surface area contributed by atoms with Gasteiger partial charge in [0, 0.05) is 6.20 Å². The molecule has 0 saturated carbocycles. The van der Waals surface area contributed by atoms with E-state index in [4.69, 9.17) is 5.11 Å². The Morgan fingerprint density at radius 3 is 2.88 bits per heavy atom. The van der Waals surface area contributed by atoms with Crippen molar-refractivity contribution in [3.05, 3.63) is 42.0 Å². The minimum atomic E-state index is -1.08. The van der Waals surface area contributed by atoms with Gasteiger partial charge in [-0.1, -0.05) is 11.3 Å². The van der Waals surface area contributed by atoms with Gasteiger partial charge in [-0.3, -0.25) is 4.98 Å². The Hall–Kier alpha value is -2.24. The van der Waals surface area contributed by atoms with Crippen LogP contribution in [0.5, 0.6) is 0 Å². The van der Waals surface area contributed by atoms with E-state index in [9.17, 15) is 4.79 Å². The second-order valence-corrected chi connectivity index (χ2v) is 3.32. The van der Waals surface area contributed by atoms with Gasteiger partial charge in [0.05, 0.1) is 17.9 Å². The highest BCUT2D eigenvalue weighted by Crippen LogP contribution is 2.13. The van der Waals surface area contributed by atoms with E-state index in [-0.39, 0.29) is 11.7 Å². The zero-order valence-electron chi connectivity index (χ0n) is 8.61. The van der Waals surface area contributed by atoms with Crippen LogP contribution in [0.15, 0.2) is 30.6 Å².